The summed E-state index contributed by atoms with van der Waals surface area (Å²) in [6.45, 7) is 1.84. The fraction of sp³-hybridized carbons (Fsp3) is 0.364. The molecule has 2 heterocycles. The van der Waals surface area contributed by atoms with Crippen molar-refractivity contribution in [2.45, 2.75) is 38.3 Å². The number of aliphatic hydroxyl groups excluding tert-OH is 1. The van der Waals surface area contributed by atoms with E-state index in [0.29, 0.717) is 30.5 Å². The van der Waals surface area contributed by atoms with Gasteiger partial charge in [0.1, 0.15) is 18.2 Å². The van der Waals surface area contributed by atoms with E-state index in [0.717, 1.165) is 42.5 Å². The normalized spacial score (nSPS) is 15.2. The zero-order valence-corrected chi connectivity index (χ0v) is 15.8. The molecule has 0 saturated carbocycles. The van der Waals surface area contributed by atoms with Gasteiger partial charge in [-0.3, -0.25) is 4.79 Å². The molecular formula is C22H25N3O3. The van der Waals surface area contributed by atoms with Gasteiger partial charge in [0, 0.05) is 26.1 Å². The highest BCUT2D eigenvalue weighted by Crippen LogP contribution is 2.30. The van der Waals surface area contributed by atoms with Crippen LogP contribution >= 0.6 is 0 Å². The number of hydrogen-bond donors (Lipinski definition) is 2. The molecule has 0 bridgehead atoms. The lowest BCUT2D eigenvalue weighted by atomic mass is 9.89. The predicted octanol–water partition coefficient (Wildman–Crippen LogP) is 3.03. The van der Waals surface area contributed by atoms with E-state index in [-0.39, 0.29) is 12.5 Å². The smallest absolute Gasteiger partial charge is 0.224 e. The number of phenols is 1. The maximum absolute atomic E-state index is 12.7. The van der Waals surface area contributed by atoms with E-state index in [4.69, 9.17) is 0 Å². The average Bonchev–Trinajstić information content (AvgIpc) is 3.10. The molecule has 4 rings (SSSR count). The standard InChI is InChI=1S/C22H25N3O3/c26-15-21-23-19-6-1-2-7-20(19)25(21)13-10-22(28)24-11-8-16(9-12-24)17-4-3-5-18(27)14-17/h1-7,14,16,26-27H,8-13,15H2. The summed E-state index contributed by atoms with van der Waals surface area (Å²) in [6.07, 6.45) is 2.21. The molecule has 2 N–H and O–H groups in total. The molecule has 6 nitrogen and oxygen atoms in total. The maximum Gasteiger partial charge on any atom is 0.224 e. The van der Waals surface area contributed by atoms with Crippen molar-refractivity contribution in [1.29, 1.82) is 0 Å². The van der Waals surface area contributed by atoms with E-state index in [1.165, 1.54) is 0 Å². The van der Waals surface area contributed by atoms with Crippen molar-refractivity contribution in [3.63, 3.8) is 0 Å². The number of likely N-dealkylation sites (tertiary alicyclic amines) is 1. The van der Waals surface area contributed by atoms with E-state index in [2.05, 4.69) is 4.98 Å². The molecule has 1 aliphatic heterocycles. The number of carbonyl (C=O) groups is 1. The highest BCUT2D eigenvalue weighted by Gasteiger charge is 2.24. The van der Waals surface area contributed by atoms with Crippen molar-refractivity contribution in [1.82, 2.24) is 14.5 Å². The summed E-state index contributed by atoms with van der Waals surface area (Å²) in [7, 11) is 0. The first-order valence-electron chi connectivity index (χ1n) is 9.77. The van der Waals surface area contributed by atoms with Crippen molar-refractivity contribution in [2.75, 3.05) is 13.1 Å². The predicted molar refractivity (Wildman–Crippen MR) is 107 cm³/mol. The van der Waals surface area contributed by atoms with E-state index in [1.807, 2.05) is 51.9 Å². The Morgan fingerprint density at radius 3 is 2.64 bits per heavy atom. The number of benzene rings is 2. The minimum absolute atomic E-state index is 0.135. The lowest BCUT2D eigenvalue weighted by Gasteiger charge is -2.32. The van der Waals surface area contributed by atoms with Crippen LogP contribution in [0.2, 0.25) is 0 Å². The van der Waals surface area contributed by atoms with E-state index in [9.17, 15) is 15.0 Å². The second kappa shape index (κ2) is 8.02. The van der Waals surface area contributed by atoms with Crippen LogP contribution in [-0.2, 0) is 17.9 Å². The van der Waals surface area contributed by atoms with E-state index in [1.54, 1.807) is 6.07 Å². The molecule has 1 aromatic heterocycles. The Morgan fingerprint density at radius 1 is 1.11 bits per heavy atom. The molecule has 146 valence electrons. The van der Waals surface area contributed by atoms with E-state index < -0.39 is 0 Å². The molecule has 0 radical (unpaired) electrons. The zero-order valence-electron chi connectivity index (χ0n) is 15.8. The summed E-state index contributed by atoms with van der Waals surface area (Å²) in [4.78, 5) is 19.1. The molecule has 6 heteroatoms. The summed E-state index contributed by atoms with van der Waals surface area (Å²) >= 11 is 0. The number of aromatic hydroxyl groups is 1. The number of nitrogens with zero attached hydrogens (tertiary/aromatic N) is 3. The fourth-order valence-corrected chi connectivity index (χ4v) is 4.10. The number of hydrogen-bond acceptors (Lipinski definition) is 4. The SMILES string of the molecule is O=C(CCn1c(CO)nc2ccccc21)N1CCC(c2cccc(O)c2)CC1. The van der Waals surface area contributed by atoms with Crippen LogP contribution in [-0.4, -0.2) is 43.7 Å². The minimum atomic E-state index is -0.141. The van der Waals surface area contributed by atoms with E-state index >= 15 is 0 Å². The molecule has 3 aromatic rings. The van der Waals surface area contributed by atoms with Crippen LogP contribution in [0, 0.1) is 0 Å². The molecule has 0 unspecified atom stereocenters. The Kier molecular flexibility index (Phi) is 5.30. The highest BCUT2D eigenvalue weighted by atomic mass is 16.3. The molecule has 0 spiro atoms. The first-order valence-corrected chi connectivity index (χ1v) is 9.77. The molecule has 0 atom stereocenters. The third kappa shape index (κ3) is 3.73. The number of amides is 1. The van der Waals surface area contributed by atoms with Crippen molar-refractivity contribution >= 4 is 16.9 Å². The van der Waals surface area contributed by atoms with Gasteiger partial charge in [0.25, 0.3) is 0 Å². The zero-order chi connectivity index (χ0) is 19.5. The first-order chi connectivity index (χ1) is 13.7. The van der Waals surface area contributed by atoms with Crippen LogP contribution in [0.1, 0.15) is 36.6 Å². The van der Waals surface area contributed by atoms with Crippen molar-refractivity contribution < 1.29 is 15.0 Å². The summed E-state index contributed by atoms with van der Waals surface area (Å²) in [5.41, 5.74) is 2.93. The quantitative estimate of drug-likeness (QED) is 0.714. The van der Waals surface area contributed by atoms with Gasteiger partial charge < -0.3 is 19.7 Å². The van der Waals surface area contributed by atoms with Gasteiger partial charge in [0.05, 0.1) is 11.0 Å². The molecule has 1 amide bonds. The van der Waals surface area contributed by atoms with Crippen molar-refractivity contribution in [2.24, 2.45) is 0 Å². The lowest BCUT2D eigenvalue weighted by Crippen LogP contribution is -2.38. The minimum Gasteiger partial charge on any atom is -0.508 e. The summed E-state index contributed by atoms with van der Waals surface area (Å²) < 4.78 is 1.94. The highest BCUT2D eigenvalue weighted by molar-refractivity contribution is 5.78. The van der Waals surface area contributed by atoms with Gasteiger partial charge in [-0.05, 0) is 48.6 Å². The number of para-hydroxylation sites is 2. The lowest BCUT2D eigenvalue weighted by molar-refractivity contribution is -0.132. The number of rotatable bonds is 5. The Balaban J connectivity index is 1.37. The van der Waals surface area contributed by atoms with Crippen LogP contribution in [0.25, 0.3) is 11.0 Å². The Bertz CT molecular complexity index is 974. The van der Waals surface area contributed by atoms with Crippen molar-refractivity contribution in [3.05, 3.63) is 59.9 Å². The molecular weight excluding hydrogens is 354 g/mol. The van der Waals surface area contributed by atoms with Crippen LogP contribution in [0.5, 0.6) is 5.75 Å². The third-order valence-corrected chi connectivity index (χ3v) is 5.61. The van der Waals surface area contributed by atoms with Gasteiger partial charge in [0.2, 0.25) is 5.91 Å². The maximum atomic E-state index is 12.7. The van der Waals surface area contributed by atoms with Crippen LogP contribution in [0.4, 0.5) is 0 Å². The largest absolute Gasteiger partial charge is 0.508 e. The molecule has 2 aromatic carbocycles. The topological polar surface area (TPSA) is 78.6 Å². The molecule has 0 aliphatic carbocycles. The monoisotopic (exact) mass is 379 g/mol. The number of carbonyl (C=O) groups excluding carboxylic acids is 1. The Hall–Kier alpha value is -2.86. The number of aryl methyl sites for hydroxylation is 1. The summed E-state index contributed by atoms with van der Waals surface area (Å²) in [6, 6.07) is 15.2. The number of phenolic OH excluding ortho intramolecular Hbond substituents is 1. The van der Waals surface area contributed by atoms with Crippen LogP contribution in [0.3, 0.4) is 0 Å². The van der Waals surface area contributed by atoms with Gasteiger partial charge in [-0.1, -0.05) is 24.3 Å². The van der Waals surface area contributed by atoms with Gasteiger partial charge in [-0.2, -0.15) is 0 Å². The van der Waals surface area contributed by atoms with Gasteiger partial charge >= 0.3 is 0 Å². The summed E-state index contributed by atoms with van der Waals surface area (Å²) in [5.74, 6) is 1.41. The fourth-order valence-electron chi connectivity index (χ4n) is 4.10. The molecule has 1 saturated heterocycles. The second-order valence-electron chi connectivity index (χ2n) is 7.33. The number of piperidine rings is 1. The Labute approximate surface area is 164 Å². The van der Waals surface area contributed by atoms with Gasteiger partial charge in [-0.25, -0.2) is 4.98 Å². The van der Waals surface area contributed by atoms with Gasteiger partial charge in [-0.15, -0.1) is 0 Å². The second-order valence-corrected chi connectivity index (χ2v) is 7.33. The molecule has 1 fully saturated rings. The number of aromatic nitrogens is 2. The number of aliphatic hydroxyl groups is 1. The summed E-state index contributed by atoms with van der Waals surface area (Å²) in [5, 5.41) is 19.3. The molecule has 28 heavy (non-hydrogen) atoms. The van der Waals surface area contributed by atoms with Crippen LogP contribution < -0.4 is 0 Å². The van der Waals surface area contributed by atoms with Gasteiger partial charge in [0.15, 0.2) is 0 Å². The third-order valence-electron chi connectivity index (χ3n) is 5.61. The average molecular weight is 379 g/mol. The van der Waals surface area contributed by atoms with Crippen molar-refractivity contribution in [3.8, 4) is 5.75 Å². The molecule has 1 aliphatic rings. The number of imidazole rings is 1. The Morgan fingerprint density at radius 2 is 1.89 bits per heavy atom. The first kappa shape index (κ1) is 18.5. The number of fused-ring (bicyclic) bond motifs is 1. The van der Waals surface area contributed by atoms with Crippen LogP contribution in [0.15, 0.2) is 48.5 Å².